The molecule has 1 aliphatic rings. The van der Waals surface area contributed by atoms with Crippen LogP contribution >= 0.6 is 23.1 Å². The van der Waals surface area contributed by atoms with Gasteiger partial charge in [0.1, 0.15) is 10.7 Å². The Labute approximate surface area is 161 Å². The Hall–Kier alpha value is -2.26. The van der Waals surface area contributed by atoms with E-state index in [0.717, 1.165) is 30.0 Å². The van der Waals surface area contributed by atoms with Crippen molar-refractivity contribution in [3.05, 3.63) is 50.9 Å². The van der Waals surface area contributed by atoms with Crippen LogP contribution in [-0.2, 0) is 13.0 Å². The van der Waals surface area contributed by atoms with Gasteiger partial charge >= 0.3 is 0 Å². The summed E-state index contributed by atoms with van der Waals surface area (Å²) in [6, 6.07) is 6.41. The number of hydrogen-bond acceptors (Lipinski definition) is 5. The number of carbonyl (C=O) groups excluding carboxylic acids is 1. The van der Waals surface area contributed by atoms with Gasteiger partial charge in [-0.3, -0.25) is 14.2 Å². The van der Waals surface area contributed by atoms with Gasteiger partial charge in [-0.2, -0.15) is 8.78 Å². The molecule has 0 fully saturated rings. The standard InChI is InChI=1S/C18H15F2N3O2S2/c1-9-13-16(22-12-7-4-8-23(12)17(13)25)27-14(9)15(24)21-10-5-2-3-6-11(10)26-18(19)20/h2-3,5-6,18H,4,7-8H2,1H3,(H,21,24). The molecule has 3 heterocycles. The average Bonchev–Trinajstić information content (AvgIpc) is 3.21. The van der Waals surface area contributed by atoms with Crippen LogP contribution < -0.4 is 10.9 Å². The molecule has 1 amide bonds. The number of amides is 1. The Kier molecular flexibility index (Phi) is 4.73. The number of thioether (sulfide) groups is 1. The fraction of sp³-hybridized carbons (Fsp3) is 0.278. The van der Waals surface area contributed by atoms with Crippen LogP contribution in [0.25, 0.3) is 10.2 Å². The van der Waals surface area contributed by atoms with Gasteiger partial charge in [0.15, 0.2) is 0 Å². The summed E-state index contributed by atoms with van der Waals surface area (Å²) in [4.78, 5) is 31.2. The number of carbonyl (C=O) groups is 1. The molecule has 0 spiro atoms. The van der Waals surface area contributed by atoms with E-state index in [2.05, 4.69) is 10.3 Å². The number of anilines is 1. The van der Waals surface area contributed by atoms with Gasteiger partial charge in [0, 0.05) is 17.9 Å². The molecule has 9 heteroatoms. The van der Waals surface area contributed by atoms with E-state index in [1.165, 1.54) is 6.07 Å². The lowest BCUT2D eigenvalue weighted by atomic mass is 10.2. The van der Waals surface area contributed by atoms with Gasteiger partial charge in [0.05, 0.1) is 16.0 Å². The highest BCUT2D eigenvalue weighted by Gasteiger charge is 2.24. The zero-order valence-corrected chi connectivity index (χ0v) is 15.9. The number of hydrogen-bond donors (Lipinski definition) is 1. The number of alkyl halides is 2. The second-order valence-electron chi connectivity index (χ2n) is 6.15. The number of para-hydroxylation sites is 1. The van der Waals surface area contributed by atoms with Crippen LogP contribution in [0.15, 0.2) is 34.0 Å². The SMILES string of the molecule is Cc1c(C(=O)Nc2ccccc2SC(F)F)sc2nc3n(c(=O)c12)CCC3. The maximum atomic E-state index is 12.8. The summed E-state index contributed by atoms with van der Waals surface area (Å²) in [5.41, 5.74) is 0.775. The third kappa shape index (κ3) is 3.25. The average molecular weight is 407 g/mol. The summed E-state index contributed by atoms with van der Waals surface area (Å²) in [7, 11) is 0. The van der Waals surface area contributed by atoms with E-state index in [1.807, 2.05) is 0 Å². The number of nitrogens with one attached hydrogen (secondary N) is 1. The van der Waals surface area contributed by atoms with Crippen LogP contribution in [0.3, 0.4) is 0 Å². The summed E-state index contributed by atoms with van der Waals surface area (Å²) < 4.78 is 27.1. The van der Waals surface area contributed by atoms with Crippen molar-refractivity contribution in [3.63, 3.8) is 0 Å². The van der Waals surface area contributed by atoms with Crippen LogP contribution in [0.2, 0.25) is 0 Å². The molecule has 0 saturated heterocycles. The Morgan fingerprint density at radius 1 is 1.37 bits per heavy atom. The van der Waals surface area contributed by atoms with Gasteiger partial charge in [-0.1, -0.05) is 23.9 Å². The molecule has 0 radical (unpaired) electrons. The van der Waals surface area contributed by atoms with Crippen LogP contribution in [0.4, 0.5) is 14.5 Å². The highest BCUT2D eigenvalue weighted by Crippen LogP contribution is 2.33. The van der Waals surface area contributed by atoms with E-state index in [1.54, 1.807) is 29.7 Å². The van der Waals surface area contributed by atoms with Crippen molar-refractivity contribution >= 4 is 44.9 Å². The molecule has 2 aromatic heterocycles. The lowest BCUT2D eigenvalue weighted by molar-refractivity contribution is 0.103. The lowest BCUT2D eigenvalue weighted by Gasteiger charge is -2.10. The van der Waals surface area contributed by atoms with Crippen molar-refractivity contribution in [2.75, 3.05) is 5.32 Å². The number of fused-ring (bicyclic) bond motifs is 2. The second kappa shape index (κ2) is 7.05. The number of halogens is 2. The number of aromatic nitrogens is 2. The number of nitrogens with zero attached hydrogens (tertiary/aromatic N) is 2. The van der Waals surface area contributed by atoms with E-state index in [0.29, 0.717) is 44.7 Å². The molecule has 0 bridgehead atoms. The third-order valence-electron chi connectivity index (χ3n) is 4.47. The van der Waals surface area contributed by atoms with Crippen molar-refractivity contribution in [2.45, 2.75) is 37.0 Å². The van der Waals surface area contributed by atoms with Gasteiger partial charge in [-0.05, 0) is 31.0 Å². The van der Waals surface area contributed by atoms with Gasteiger partial charge in [0.2, 0.25) is 0 Å². The van der Waals surface area contributed by atoms with Crippen LogP contribution in [0.5, 0.6) is 0 Å². The molecule has 5 nitrogen and oxygen atoms in total. The Morgan fingerprint density at radius 2 is 2.15 bits per heavy atom. The summed E-state index contributed by atoms with van der Waals surface area (Å²) in [6.45, 7) is 2.37. The summed E-state index contributed by atoms with van der Waals surface area (Å²) in [6.07, 6.45) is 1.65. The molecule has 0 unspecified atom stereocenters. The normalized spacial score (nSPS) is 13.3. The number of thiophene rings is 1. The molecule has 27 heavy (non-hydrogen) atoms. The molecule has 140 valence electrons. The van der Waals surface area contributed by atoms with Gasteiger partial charge in [0.25, 0.3) is 17.2 Å². The first-order chi connectivity index (χ1) is 13.0. The molecule has 1 aromatic carbocycles. The minimum Gasteiger partial charge on any atom is -0.320 e. The quantitative estimate of drug-likeness (QED) is 0.656. The maximum Gasteiger partial charge on any atom is 0.288 e. The van der Waals surface area contributed by atoms with E-state index < -0.39 is 11.7 Å². The maximum absolute atomic E-state index is 12.8. The molecule has 0 saturated carbocycles. The molecule has 4 rings (SSSR count). The minimum absolute atomic E-state index is 0.117. The van der Waals surface area contributed by atoms with E-state index >= 15 is 0 Å². The van der Waals surface area contributed by atoms with E-state index in [-0.39, 0.29) is 10.5 Å². The van der Waals surface area contributed by atoms with Gasteiger partial charge in [-0.15, -0.1) is 11.3 Å². The summed E-state index contributed by atoms with van der Waals surface area (Å²) in [5.74, 6) is -2.26. The molecular formula is C18H15F2N3O2S2. The van der Waals surface area contributed by atoms with Crippen molar-refractivity contribution in [1.29, 1.82) is 0 Å². The molecule has 3 aromatic rings. The van der Waals surface area contributed by atoms with Crippen LogP contribution in [0.1, 0.15) is 27.5 Å². The second-order valence-corrected chi connectivity index (χ2v) is 8.18. The van der Waals surface area contributed by atoms with E-state index in [4.69, 9.17) is 0 Å². The first-order valence-electron chi connectivity index (χ1n) is 8.33. The largest absolute Gasteiger partial charge is 0.320 e. The molecule has 0 atom stereocenters. The minimum atomic E-state index is -2.58. The van der Waals surface area contributed by atoms with Crippen molar-refractivity contribution in [2.24, 2.45) is 0 Å². The molecule has 0 aliphatic carbocycles. The fourth-order valence-electron chi connectivity index (χ4n) is 3.24. The van der Waals surface area contributed by atoms with Crippen molar-refractivity contribution in [3.8, 4) is 0 Å². The molecule has 1 N–H and O–H groups in total. The Balaban J connectivity index is 1.72. The monoisotopic (exact) mass is 407 g/mol. The third-order valence-corrected chi connectivity index (χ3v) is 6.44. The number of rotatable bonds is 4. The Bertz CT molecular complexity index is 1110. The fourth-order valence-corrected chi connectivity index (χ4v) is 4.92. The van der Waals surface area contributed by atoms with Crippen LogP contribution in [0, 0.1) is 6.92 Å². The highest BCUT2D eigenvalue weighted by molar-refractivity contribution is 7.99. The Morgan fingerprint density at radius 3 is 2.93 bits per heavy atom. The molecule has 1 aliphatic heterocycles. The van der Waals surface area contributed by atoms with E-state index in [9.17, 15) is 18.4 Å². The van der Waals surface area contributed by atoms with Crippen molar-refractivity contribution in [1.82, 2.24) is 9.55 Å². The topological polar surface area (TPSA) is 64.0 Å². The molecular weight excluding hydrogens is 392 g/mol. The zero-order valence-electron chi connectivity index (χ0n) is 14.3. The first-order valence-corrected chi connectivity index (χ1v) is 10.0. The highest BCUT2D eigenvalue weighted by atomic mass is 32.2. The zero-order chi connectivity index (χ0) is 19.1. The lowest BCUT2D eigenvalue weighted by Crippen LogP contribution is -2.20. The smallest absolute Gasteiger partial charge is 0.288 e. The number of aryl methyl sites for hydroxylation is 2. The summed E-state index contributed by atoms with van der Waals surface area (Å²) in [5, 5.41) is 3.16. The predicted octanol–water partition coefficient (Wildman–Crippen LogP) is 4.28. The summed E-state index contributed by atoms with van der Waals surface area (Å²) >= 11 is 1.54. The number of benzene rings is 1. The van der Waals surface area contributed by atoms with Gasteiger partial charge in [-0.25, -0.2) is 4.98 Å². The first kappa shape index (κ1) is 18.1. The van der Waals surface area contributed by atoms with Crippen molar-refractivity contribution < 1.29 is 13.6 Å². The van der Waals surface area contributed by atoms with Gasteiger partial charge < -0.3 is 5.32 Å². The van der Waals surface area contributed by atoms with Crippen LogP contribution in [-0.4, -0.2) is 21.2 Å². The predicted molar refractivity (Wildman–Crippen MR) is 103 cm³/mol.